The van der Waals surface area contributed by atoms with Crippen LogP contribution in [0.25, 0.3) is 11.0 Å². The van der Waals surface area contributed by atoms with E-state index in [1.54, 1.807) is 30.5 Å². The number of nitrogens with zero attached hydrogens (tertiary/aromatic N) is 2. The third kappa shape index (κ3) is 4.19. The number of halogens is 1. The summed E-state index contributed by atoms with van der Waals surface area (Å²) in [5.41, 5.74) is 6.82. The summed E-state index contributed by atoms with van der Waals surface area (Å²) >= 11 is 5.99. The van der Waals surface area contributed by atoms with Gasteiger partial charge in [0.15, 0.2) is 5.76 Å². The Balaban J connectivity index is 1.52. The van der Waals surface area contributed by atoms with E-state index in [2.05, 4.69) is 62.2 Å². The van der Waals surface area contributed by atoms with Gasteiger partial charge in [0.25, 0.3) is 0 Å². The Morgan fingerprint density at radius 2 is 2.03 bits per heavy atom. The molecule has 0 saturated heterocycles. The first-order valence-corrected chi connectivity index (χ1v) is 11.0. The standard InChI is InChI=1S/C25H28ClN3O2/c1-15(2)29-21-8-6-17(10-20(21)16(3)13-25(29,4)5)14-27-28-24(30)23-12-18-11-19(26)7-9-22(18)31-23/h6-12,14-16H,13H2,1-5H3,(H,28,30)/b27-14-/t16-/m1/s1. The van der Waals surface area contributed by atoms with Crippen molar-refractivity contribution in [3.63, 3.8) is 0 Å². The van der Waals surface area contributed by atoms with Gasteiger partial charge in [-0.2, -0.15) is 5.10 Å². The summed E-state index contributed by atoms with van der Waals surface area (Å²) in [7, 11) is 0. The van der Waals surface area contributed by atoms with Crippen LogP contribution in [0.2, 0.25) is 5.02 Å². The summed E-state index contributed by atoms with van der Waals surface area (Å²) in [5, 5.41) is 5.52. The number of hydrogen-bond acceptors (Lipinski definition) is 4. The van der Waals surface area contributed by atoms with Crippen LogP contribution in [0.3, 0.4) is 0 Å². The van der Waals surface area contributed by atoms with Gasteiger partial charge in [0.2, 0.25) is 0 Å². The number of furan rings is 1. The normalized spacial score (nSPS) is 18.0. The van der Waals surface area contributed by atoms with Gasteiger partial charge in [-0.1, -0.05) is 24.6 Å². The number of anilines is 1. The van der Waals surface area contributed by atoms with E-state index in [1.807, 2.05) is 6.07 Å². The highest BCUT2D eigenvalue weighted by atomic mass is 35.5. The minimum Gasteiger partial charge on any atom is -0.451 e. The van der Waals surface area contributed by atoms with Gasteiger partial charge in [0.1, 0.15) is 5.58 Å². The molecule has 0 bridgehead atoms. The summed E-state index contributed by atoms with van der Waals surface area (Å²) in [5.74, 6) is 0.247. The molecule has 6 heteroatoms. The second-order valence-electron chi connectivity index (χ2n) is 9.19. The number of fused-ring (bicyclic) bond motifs is 2. The van der Waals surface area contributed by atoms with Crippen molar-refractivity contribution >= 4 is 40.4 Å². The summed E-state index contributed by atoms with van der Waals surface area (Å²) in [4.78, 5) is 14.9. The molecule has 1 amide bonds. The maximum Gasteiger partial charge on any atom is 0.307 e. The molecular formula is C25H28ClN3O2. The van der Waals surface area contributed by atoms with Gasteiger partial charge >= 0.3 is 5.91 Å². The first kappa shape index (κ1) is 21.4. The lowest BCUT2D eigenvalue weighted by Crippen LogP contribution is -2.51. The molecule has 31 heavy (non-hydrogen) atoms. The molecule has 1 N–H and O–H groups in total. The first-order valence-electron chi connectivity index (χ1n) is 10.6. The molecule has 0 spiro atoms. The van der Waals surface area contributed by atoms with Crippen LogP contribution in [0.5, 0.6) is 0 Å². The Morgan fingerprint density at radius 1 is 1.26 bits per heavy atom. The van der Waals surface area contributed by atoms with Crippen LogP contribution in [0.15, 0.2) is 52.0 Å². The number of carbonyl (C=O) groups is 1. The number of amides is 1. The van der Waals surface area contributed by atoms with Crippen molar-refractivity contribution in [2.24, 2.45) is 5.10 Å². The molecule has 3 aromatic rings. The molecule has 4 rings (SSSR count). The molecule has 0 fully saturated rings. The zero-order valence-electron chi connectivity index (χ0n) is 18.6. The van der Waals surface area contributed by atoms with E-state index in [0.717, 1.165) is 17.4 Å². The minimum atomic E-state index is -0.400. The molecule has 0 unspecified atom stereocenters. The number of hydrogen-bond donors (Lipinski definition) is 1. The Kier molecular flexibility index (Phi) is 5.56. The molecule has 1 atom stereocenters. The van der Waals surface area contributed by atoms with E-state index in [4.69, 9.17) is 16.0 Å². The van der Waals surface area contributed by atoms with Crippen LogP contribution in [-0.2, 0) is 0 Å². The van der Waals surface area contributed by atoms with Crippen LogP contribution >= 0.6 is 11.6 Å². The van der Waals surface area contributed by atoms with Crippen molar-refractivity contribution in [1.82, 2.24) is 5.43 Å². The Labute approximate surface area is 188 Å². The summed E-state index contributed by atoms with van der Waals surface area (Å²) < 4.78 is 5.58. The van der Waals surface area contributed by atoms with Gasteiger partial charge in [0.05, 0.1) is 6.21 Å². The topological polar surface area (TPSA) is 57.8 Å². The Bertz CT molecular complexity index is 1160. The van der Waals surface area contributed by atoms with Gasteiger partial charge in [-0.3, -0.25) is 4.79 Å². The summed E-state index contributed by atoms with van der Waals surface area (Å²) in [6, 6.07) is 13.7. The molecule has 162 valence electrons. The van der Waals surface area contributed by atoms with Crippen molar-refractivity contribution in [3.8, 4) is 0 Å². The predicted octanol–water partition coefficient (Wildman–Crippen LogP) is 6.35. The number of nitrogens with one attached hydrogen (secondary N) is 1. The number of benzene rings is 2. The lowest BCUT2D eigenvalue weighted by Gasteiger charge is -2.50. The fourth-order valence-corrected chi connectivity index (χ4v) is 5.06. The number of hydrazone groups is 1. The van der Waals surface area contributed by atoms with Crippen molar-refractivity contribution in [3.05, 3.63) is 64.4 Å². The van der Waals surface area contributed by atoms with Crippen LogP contribution in [0.1, 0.15) is 68.6 Å². The maximum atomic E-state index is 12.4. The van der Waals surface area contributed by atoms with Crippen molar-refractivity contribution in [2.45, 2.75) is 58.5 Å². The molecule has 1 aromatic heterocycles. The minimum absolute atomic E-state index is 0.112. The van der Waals surface area contributed by atoms with E-state index in [1.165, 1.54) is 11.3 Å². The van der Waals surface area contributed by atoms with Crippen LogP contribution in [-0.4, -0.2) is 23.7 Å². The van der Waals surface area contributed by atoms with E-state index >= 15 is 0 Å². The molecule has 1 aliphatic heterocycles. The third-order valence-electron chi connectivity index (χ3n) is 5.90. The van der Waals surface area contributed by atoms with Crippen LogP contribution < -0.4 is 10.3 Å². The lowest BCUT2D eigenvalue weighted by molar-refractivity contribution is 0.0929. The molecule has 0 radical (unpaired) electrons. The summed E-state index contributed by atoms with van der Waals surface area (Å²) in [6.45, 7) is 11.4. The van der Waals surface area contributed by atoms with E-state index < -0.39 is 5.91 Å². The SMILES string of the molecule is CC(C)N1c2ccc(/C=N\NC(=O)c3cc4cc(Cl)ccc4o3)cc2[C@H](C)CC1(C)C. The largest absolute Gasteiger partial charge is 0.451 e. The van der Waals surface area contributed by atoms with E-state index in [9.17, 15) is 4.79 Å². The van der Waals surface area contributed by atoms with E-state index in [-0.39, 0.29) is 11.3 Å². The molecule has 0 aliphatic carbocycles. The van der Waals surface area contributed by atoms with Crippen molar-refractivity contribution in [2.75, 3.05) is 4.90 Å². The first-order chi connectivity index (χ1) is 14.7. The second-order valence-corrected chi connectivity index (χ2v) is 9.63. The molecule has 5 nitrogen and oxygen atoms in total. The zero-order chi connectivity index (χ0) is 22.3. The van der Waals surface area contributed by atoms with Crippen molar-refractivity contribution < 1.29 is 9.21 Å². The van der Waals surface area contributed by atoms with Crippen molar-refractivity contribution in [1.29, 1.82) is 0 Å². The van der Waals surface area contributed by atoms with Gasteiger partial charge < -0.3 is 9.32 Å². The Hall–Kier alpha value is -2.79. The third-order valence-corrected chi connectivity index (χ3v) is 6.13. The highest BCUT2D eigenvalue weighted by molar-refractivity contribution is 6.31. The molecule has 0 saturated carbocycles. The van der Waals surface area contributed by atoms with Crippen LogP contribution in [0, 0.1) is 0 Å². The van der Waals surface area contributed by atoms with Gasteiger partial charge in [-0.15, -0.1) is 0 Å². The number of carbonyl (C=O) groups excluding carboxylic acids is 1. The average molecular weight is 438 g/mol. The smallest absolute Gasteiger partial charge is 0.307 e. The number of rotatable bonds is 4. The Morgan fingerprint density at radius 3 is 2.77 bits per heavy atom. The molecule has 1 aliphatic rings. The summed E-state index contributed by atoms with van der Waals surface area (Å²) in [6.07, 6.45) is 2.76. The van der Waals surface area contributed by atoms with Gasteiger partial charge in [-0.05, 0) is 87.6 Å². The molecule has 2 aromatic carbocycles. The molecular weight excluding hydrogens is 410 g/mol. The zero-order valence-corrected chi connectivity index (χ0v) is 19.3. The predicted molar refractivity (Wildman–Crippen MR) is 127 cm³/mol. The highest BCUT2D eigenvalue weighted by Crippen LogP contribution is 2.44. The fraction of sp³-hybridized carbons (Fsp3) is 0.360. The van der Waals surface area contributed by atoms with Gasteiger partial charge in [0, 0.05) is 27.7 Å². The molecule has 2 heterocycles. The lowest BCUT2D eigenvalue weighted by atomic mass is 9.79. The average Bonchev–Trinajstić information content (AvgIpc) is 3.10. The van der Waals surface area contributed by atoms with Crippen LogP contribution in [0.4, 0.5) is 5.69 Å². The maximum absolute atomic E-state index is 12.4. The van der Waals surface area contributed by atoms with E-state index in [0.29, 0.717) is 22.6 Å². The quantitative estimate of drug-likeness (QED) is 0.382. The van der Waals surface area contributed by atoms with Gasteiger partial charge in [-0.25, -0.2) is 5.43 Å². The fourth-order valence-electron chi connectivity index (χ4n) is 4.87. The monoisotopic (exact) mass is 437 g/mol. The highest BCUT2D eigenvalue weighted by Gasteiger charge is 2.37. The second kappa shape index (κ2) is 8.04.